The van der Waals surface area contributed by atoms with Gasteiger partial charge in [-0.2, -0.15) is 0 Å². The molecule has 0 aliphatic rings. The summed E-state index contributed by atoms with van der Waals surface area (Å²) in [6.45, 7) is 0. The van der Waals surface area contributed by atoms with E-state index >= 15 is 0 Å². The van der Waals surface area contributed by atoms with Gasteiger partial charge in [0.25, 0.3) is 0 Å². The molecule has 23 rings (SSSR count). The molecule has 0 radical (unpaired) electrons. The second-order valence-corrected chi connectivity index (χ2v) is 28.3. The van der Waals surface area contributed by atoms with Crippen LogP contribution < -0.4 is 0 Å². The van der Waals surface area contributed by atoms with Crippen molar-refractivity contribution >= 4 is 130 Å². The van der Waals surface area contributed by atoms with Crippen LogP contribution in [0.1, 0.15) is 13.7 Å². The molecule has 0 unspecified atom stereocenters. The number of hydrogen-bond donors (Lipinski definition) is 0. The van der Waals surface area contributed by atoms with Crippen LogP contribution >= 0.6 is 0 Å². The maximum absolute atomic E-state index is 9.01. The molecule has 0 aliphatic carbocycles. The van der Waals surface area contributed by atoms with Crippen LogP contribution in [0.15, 0.2) is 413 Å². The summed E-state index contributed by atoms with van der Waals surface area (Å²) in [5.41, 5.74) is 21.6. The Balaban J connectivity index is 0.000000145. The first-order valence-electron chi connectivity index (χ1n) is 42.3. The number of benzene rings is 20. The number of hydrogen-bond acceptors (Lipinski definition) is 3. The summed E-state index contributed by atoms with van der Waals surface area (Å²) in [5.74, 6) is 0. The van der Waals surface area contributed by atoms with Gasteiger partial charge in [0.15, 0.2) is 0 Å². The van der Waals surface area contributed by atoms with Crippen LogP contribution in [0.4, 0.5) is 0 Å². The van der Waals surface area contributed by atoms with E-state index in [1.807, 2.05) is 121 Å². The Bertz CT molecular complexity index is 8190. The molecule has 3 nitrogen and oxygen atoms in total. The van der Waals surface area contributed by atoms with Gasteiger partial charge in [-0.3, -0.25) is 0 Å². The predicted molar refractivity (Wildman–Crippen MR) is 469 cm³/mol. The number of rotatable bonds is 9. The van der Waals surface area contributed by atoms with Crippen LogP contribution in [0.25, 0.3) is 231 Å². The molecule has 0 amide bonds. The van der Waals surface area contributed by atoms with Crippen molar-refractivity contribution in [3.63, 3.8) is 0 Å². The molecule has 20 aromatic carbocycles. The van der Waals surface area contributed by atoms with E-state index < -0.39 is 12.1 Å². The fraction of sp³-hybridized carbons (Fsp3) is 0. The summed E-state index contributed by atoms with van der Waals surface area (Å²) in [6.07, 6.45) is 0. The summed E-state index contributed by atoms with van der Waals surface area (Å²) >= 11 is 0. The van der Waals surface area contributed by atoms with Crippen LogP contribution in [0.3, 0.4) is 0 Å². The average molecular weight is 1420 g/mol. The van der Waals surface area contributed by atoms with Crippen LogP contribution in [-0.2, 0) is 0 Å². The molecule has 23 aromatic rings. The van der Waals surface area contributed by atoms with Crippen molar-refractivity contribution in [2.75, 3.05) is 0 Å². The van der Waals surface area contributed by atoms with E-state index in [4.69, 9.17) is 27.0 Å². The Morgan fingerprint density at radius 1 is 0.153 bits per heavy atom. The summed E-state index contributed by atoms with van der Waals surface area (Å²) < 4.78 is 106. The highest BCUT2D eigenvalue weighted by Gasteiger charge is 2.26. The zero-order valence-electron chi connectivity index (χ0n) is 69.6. The monoisotopic (exact) mass is 1420 g/mol. The first-order valence-corrected chi connectivity index (χ1v) is 37.3. The van der Waals surface area contributed by atoms with Crippen molar-refractivity contribution in [2.24, 2.45) is 0 Å². The number of furan rings is 3. The SMILES string of the molecule is [2H]c1c([2H])c([2H])c(-c2c3ccccc3c(-c3cccc4c(-c5c(-c6ccc7c(c6)oc6ccccc67)ccc6oc7ccccc7c56)cccc34)c3ccccc23)c([2H])c1[2H].[2H]c1c([2H])c([2H])c(-c2c3ccccc3c(-c3cccc4c(-c5c(-c6cccc(-c7ccccc7)c6)ccc6oc7ccccc7c56)cccc34)c3ccccc23)c([2H])c1[2H]. The molecular formula is C108H66O3. The Hall–Kier alpha value is -14.6. The molecular weight excluding hydrogens is 1350 g/mol. The molecule has 0 saturated carbocycles. The van der Waals surface area contributed by atoms with Crippen LogP contribution in [0, 0.1) is 0 Å². The maximum atomic E-state index is 9.01. The molecule has 0 fully saturated rings. The smallest absolute Gasteiger partial charge is 0.136 e. The van der Waals surface area contributed by atoms with E-state index in [1.165, 1.54) is 0 Å². The maximum Gasteiger partial charge on any atom is 0.136 e. The summed E-state index contributed by atoms with van der Waals surface area (Å²) in [6, 6.07) is 114. The van der Waals surface area contributed by atoms with E-state index in [-0.39, 0.29) is 59.5 Å². The van der Waals surface area contributed by atoms with E-state index in [2.05, 4.69) is 218 Å². The summed E-state index contributed by atoms with van der Waals surface area (Å²) in [4.78, 5) is 0. The van der Waals surface area contributed by atoms with Crippen molar-refractivity contribution in [1.82, 2.24) is 0 Å². The molecule has 3 heteroatoms. The van der Waals surface area contributed by atoms with Gasteiger partial charge in [0, 0.05) is 43.4 Å². The van der Waals surface area contributed by atoms with Crippen LogP contribution in [0.2, 0.25) is 0 Å². The summed E-state index contributed by atoms with van der Waals surface area (Å²) in [5, 5.41) is 17.5. The largest absolute Gasteiger partial charge is 0.456 e. The summed E-state index contributed by atoms with van der Waals surface area (Å²) in [7, 11) is 0. The van der Waals surface area contributed by atoms with Gasteiger partial charge in [-0.1, -0.05) is 352 Å². The standard InChI is InChI=1S/C54H32O2.C54H34O/c1-2-14-33(15-3-1)51-42-17-4-6-19-44(42)52(45-20-7-5-18-43(45)51)40-24-12-23-37-36(40)22-13-25-41(37)53-35(30-31-49-54(53)46-21-9-11-27-48(46)55-49)34-28-29-39-38-16-8-10-26-47(38)56-50(39)32-34;1-3-16-35(17-4-1)37-20-13-21-38(34-37)39-32-33-50-54(48-26-11-12-31-49(48)55-50)53(39)43-30-15-27-40-41(43)28-14-29-42(40)52-46-24-9-7-22-44(46)51(36-18-5-2-6-19-36)45-23-8-10-25-47(45)52/h1-32H;1-34H/i1D,2D,3D,14D,15D;2D,5D,6D,18D,19D. The van der Waals surface area contributed by atoms with E-state index in [0.717, 1.165) is 208 Å². The minimum Gasteiger partial charge on any atom is -0.456 e. The van der Waals surface area contributed by atoms with Crippen molar-refractivity contribution in [1.29, 1.82) is 0 Å². The highest BCUT2D eigenvalue weighted by Crippen LogP contribution is 2.53. The van der Waals surface area contributed by atoms with E-state index in [0.29, 0.717) is 11.1 Å². The topological polar surface area (TPSA) is 39.4 Å². The lowest BCUT2D eigenvalue weighted by molar-refractivity contribution is 0.668. The second kappa shape index (κ2) is 26.1. The lowest BCUT2D eigenvalue weighted by atomic mass is 9.83. The Morgan fingerprint density at radius 3 is 0.892 bits per heavy atom. The normalized spacial score (nSPS) is 13.0. The van der Waals surface area contributed by atoms with E-state index in [9.17, 15) is 0 Å². The quantitative estimate of drug-likeness (QED) is 0.135. The number of para-hydroxylation sites is 3. The molecule has 0 saturated heterocycles. The van der Waals surface area contributed by atoms with Gasteiger partial charge in [0.2, 0.25) is 0 Å². The Kier molecular flexibility index (Phi) is 12.7. The van der Waals surface area contributed by atoms with Gasteiger partial charge < -0.3 is 13.3 Å². The van der Waals surface area contributed by atoms with Gasteiger partial charge in [0.1, 0.15) is 33.5 Å². The third-order valence-electron chi connectivity index (χ3n) is 22.3. The molecule has 3 heterocycles. The van der Waals surface area contributed by atoms with Crippen molar-refractivity contribution in [2.45, 2.75) is 0 Å². The fourth-order valence-corrected chi connectivity index (χ4v) is 17.7. The lowest BCUT2D eigenvalue weighted by Crippen LogP contribution is -1.93. The van der Waals surface area contributed by atoms with Gasteiger partial charge in [-0.15, -0.1) is 0 Å². The highest BCUT2D eigenvalue weighted by molar-refractivity contribution is 6.28. The van der Waals surface area contributed by atoms with E-state index in [1.54, 1.807) is 0 Å². The zero-order valence-corrected chi connectivity index (χ0v) is 59.6. The molecule has 0 spiro atoms. The van der Waals surface area contributed by atoms with Gasteiger partial charge >= 0.3 is 0 Å². The van der Waals surface area contributed by atoms with Crippen molar-refractivity contribution < 1.29 is 27.0 Å². The molecule has 516 valence electrons. The Morgan fingerprint density at radius 2 is 0.459 bits per heavy atom. The second-order valence-electron chi connectivity index (χ2n) is 28.3. The molecule has 0 aliphatic heterocycles. The average Bonchev–Trinajstić information content (AvgIpc) is 1.23. The first kappa shape index (κ1) is 54.0. The van der Waals surface area contributed by atoms with Gasteiger partial charge in [0.05, 0.1) is 13.7 Å². The molecule has 0 atom stereocenters. The van der Waals surface area contributed by atoms with Crippen molar-refractivity contribution in [3.05, 3.63) is 400 Å². The number of fused-ring (bicyclic) bond motifs is 15. The van der Waals surface area contributed by atoms with Crippen LogP contribution in [0.5, 0.6) is 0 Å². The zero-order chi connectivity index (χ0) is 81.7. The molecule has 0 bridgehead atoms. The molecule has 3 aromatic heterocycles. The lowest BCUT2D eigenvalue weighted by Gasteiger charge is -2.20. The fourth-order valence-electron chi connectivity index (χ4n) is 17.7. The van der Waals surface area contributed by atoms with Crippen LogP contribution in [-0.4, -0.2) is 0 Å². The Labute approximate surface area is 654 Å². The third kappa shape index (κ3) is 10.4. The van der Waals surface area contributed by atoms with Gasteiger partial charge in [-0.25, -0.2) is 0 Å². The van der Waals surface area contributed by atoms with Gasteiger partial charge in [-0.05, 0) is 202 Å². The molecule has 111 heavy (non-hydrogen) atoms. The minimum absolute atomic E-state index is 0.193. The third-order valence-corrected chi connectivity index (χ3v) is 22.3. The molecule has 0 N–H and O–H groups in total. The van der Waals surface area contributed by atoms with Crippen molar-refractivity contribution in [3.8, 4) is 100 Å². The predicted octanol–water partition coefficient (Wildman–Crippen LogP) is 31.0. The minimum atomic E-state index is -0.409. The highest BCUT2D eigenvalue weighted by atomic mass is 16.3. The first-order chi connectivity index (χ1) is 59.3.